The van der Waals surface area contributed by atoms with Crippen molar-refractivity contribution in [3.63, 3.8) is 0 Å². The Morgan fingerprint density at radius 2 is 1.89 bits per heavy atom. The van der Waals surface area contributed by atoms with Crippen LogP contribution in [0.5, 0.6) is 5.75 Å². The highest BCUT2D eigenvalue weighted by molar-refractivity contribution is 9.10. The highest BCUT2D eigenvalue weighted by atomic mass is 79.9. The molecule has 0 aliphatic heterocycles. The Balaban J connectivity index is 2.10. The van der Waals surface area contributed by atoms with Crippen molar-refractivity contribution in [3.05, 3.63) is 28.7 Å². The number of rotatable bonds is 9. The highest BCUT2D eigenvalue weighted by Crippen LogP contribution is 2.16. The normalized spacial score (nSPS) is 14.1. The van der Waals surface area contributed by atoms with Crippen LogP contribution in [0.15, 0.2) is 28.7 Å². The van der Waals surface area contributed by atoms with Crippen molar-refractivity contribution >= 4 is 15.9 Å². The minimum atomic E-state index is -0.553. The molecule has 2 unspecified atom stereocenters. The van der Waals surface area contributed by atoms with Crippen molar-refractivity contribution in [3.8, 4) is 5.75 Å². The van der Waals surface area contributed by atoms with Crippen LogP contribution < -0.4 is 10.1 Å². The summed E-state index contributed by atoms with van der Waals surface area (Å²) in [6, 6.07) is 7.49. The Hall–Kier alpha value is -0.620. The summed E-state index contributed by atoms with van der Waals surface area (Å²) in [7, 11) is 0. The molecule has 0 bridgehead atoms. The summed E-state index contributed by atoms with van der Waals surface area (Å²) in [6.45, 7) is 3.37. The van der Waals surface area contributed by atoms with E-state index in [1.165, 1.54) is 0 Å². The first-order valence-electron chi connectivity index (χ1n) is 6.57. The quantitative estimate of drug-likeness (QED) is 0.605. The van der Waals surface area contributed by atoms with Crippen molar-refractivity contribution in [1.29, 1.82) is 0 Å². The number of ether oxygens (including phenoxy) is 1. The van der Waals surface area contributed by atoms with E-state index in [1.807, 2.05) is 31.2 Å². The second-order valence-corrected chi connectivity index (χ2v) is 5.39. The molecule has 0 spiro atoms. The lowest BCUT2D eigenvalue weighted by molar-refractivity contribution is 0.104. The second kappa shape index (κ2) is 9.31. The fourth-order valence-electron chi connectivity index (χ4n) is 1.52. The standard InChI is InChI=1S/C14H22BrNO3/c1-2-12(17)7-8-16-9-13(18)10-19-14-5-3-11(15)4-6-14/h3-6,12-13,16-18H,2,7-10H2,1H3. The number of nitrogens with one attached hydrogen (secondary N) is 1. The third-order valence-electron chi connectivity index (χ3n) is 2.76. The summed E-state index contributed by atoms with van der Waals surface area (Å²) in [5, 5.41) is 22.2. The van der Waals surface area contributed by atoms with E-state index in [4.69, 9.17) is 4.74 Å². The number of aliphatic hydroxyl groups is 2. The molecule has 0 radical (unpaired) electrons. The van der Waals surface area contributed by atoms with Crippen LogP contribution >= 0.6 is 15.9 Å². The zero-order valence-corrected chi connectivity index (χ0v) is 12.8. The summed E-state index contributed by atoms with van der Waals surface area (Å²) >= 11 is 3.35. The smallest absolute Gasteiger partial charge is 0.119 e. The first-order chi connectivity index (χ1) is 9.11. The molecule has 0 aliphatic rings. The predicted molar refractivity (Wildman–Crippen MR) is 79.4 cm³/mol. The molecule has 5 heteroatoms. The molecular formula is C14H22BrNO3. The van der Waals surface area contributed by atoms with Crippen molar-refractivity contribution in [2.75, 3.05) is 19.7 Å². The molecule has 0 fully saturated rings. The van der Waals surface area contributed by atoms with Crippen LogP contribution in [0.25, 0.3) is 0 Å². The lowest BCUT2D eigenvalue weighted by Crippen LogP contribution is -2.33. The molecule has 3 N–H and O–H groups in total. The van der Waals surface area contributed by atoms with Crippen LogP contribution in [-0.4, -0.2) is 42.1 Å². The van der Waals surface area contributed by atoms with Crippen LogP contribution in [0, 0.1) is 0 Å². The van der Waals surface area contributed by atoms with Gasteiger partial charge in [-0.15, -0.1) is 0 Å². The Bertz CT molecular complexity index is 345. The van der Waals surface area contributed by atoms with Crippen molar-refractivity contribution in [2.24, 2.45) is 0 Å². The van der Waals surface area contributed by atoms with Gasteiger partial charge in [0.15, 0.2) is 0 Å². The number of aliphatic hydroxyl groups excluding tert-OH is 2. The molecule has 19 heavy (non-hydrogen) atoms. The van der Waals surface area contributed by atoms with Crippen LogP contribution in [0.4, 0.5) is 0 Å². The lowest BCUT2D eigenvalue weighted by Gasteiger charge is -2.14. The number of halogens is 1. The highest BCUT2D eigenvalue weighted by Gasteiger charge is 2.06. The largest absolute Gasteiger partial charge is 0.491 e. The Labute approximate surface area is 122 Å². The van der Waals surface area contributed by atoms with Gasteiger partial charge in [0.05, 0.1) is 6.10 Å². The molecule has 0 amide bonds. The number of hydrogen-bond donors (Lipinski definition) is 3. The Kier molecular flexibility index (Phi) is 8.05. The van der Waals surface area contributed by atoms with E-state index in [2.05, 4.69) is 21.2 Å². The van der Waals surface area contributed by atoms with E-state index < -0.39 is 6.10 Å². The number of benzene rings is 1. The van der Waals surface area contributed by atoms with Gasteiger partial charge in [-0.25, -0.2) is 0 Å². The third-order valence-corrected chi connectivity index (χ3v) is 3.29. The zero-order valence-electron chi connectivity index (χ0n) is 11.2. The van der Waals surface area contributed by atoms with Gasteiger partial charge in [-0.2, -0.15) is 0 Å². The maximum Gasteiger partial charge on any atom is 0.119 e. The van der Waals surface area contributed by atoms with Crippen LogP contribution in [0.3, 0.4) is 0 Å². The summed E-state index contributed by atoms with van der Waals surface area (Å²) in [5.74, 6) is 0.739. The molecule has 0 aliphatic carbocycles. The van der Waals surface area contributed by atoms with Gasteiger partial charge in [-0.3, -0.25) is 0 Å². The molecule has 1 rings (SSSR count). The molecule has 2 atom stereocenters. The minimum absolute atomic E-state index is 0.255. The number of hydrogen-bond acceptors (Lipinski definition) is 4. The Morgan fingerprint density at radius 1 is 1.21 bits per heavy atom. The topological polar surface area (TPSA) is 61.7 Å². The van der Waals surface area contributed by atoms with Crippen molar-refractivity contribution in [1.82, 2.24) is 5.32 Å². The first-order valence-corrected chi connectivity index (χ1v) is 7.36. The molecule has 1 aromatic carbocycles. The SMILES string of the molecule is CCC(O)CCNCC(O)COc1ccc(Br)cc1. The maximum absolute atomic E-state index is 9.73. The molecule has 0 saturated carbocycles. The zero-order chi connectivity index (χ0) is 14.1. The van der Waals surface area contributed by atoms with Crippen molar-refractivity contribution < 1.29 is 14.9 Å². The molecule has 0 heterocycles. The molecule has 4 nitrogen and oxygen atoms in total. The van der Waals surface area contributed by atoms with Gasteiger partial charge in [0, 0.05) is 11.0 Å². The first kappa shape index (κ1) is 16.4. The summed E-state index contributed by atoms with van der Waals surface area (Å²) < 4.78 is 6.46. The van der Waals surface area contributed by atoms with Gasteiger partial charge in [0.25, 0.3) is 0 Å². The average molecular weight is 332 g/mol. The van der Waals surface area contributed by atoms with Gasteiger partial charge in [-0.05, 0) is 43.7 Å². The van der Waals surface area contributed by atoms with Gasteiger partial charge in [-0.1, -0.05) is 22.9 Å². The monoisotopic (exact) mass is 331 g/mol. The Morgan fingerprint density at radius 3 is 2.53 bits per heavy atom. The second-order valence-electron chi connectivity index (χ2n) is 4.47. The summed E-state index contributed by atoms with van der Waals surface area (Å²) in [4.78, 5) is 0. The summed E-state index contributed by atoms with van der Waals surface area (Å²) in [6.07, 6.45) is 0.652. The van der Waals surface area contributed by atoms with Crippen LogP contribution in [0.2, 0.25) is 0 Å². The van der Waals surface area contributed by atoms with E-state index in [0.717, 1.165) is 16.6 Å². The minimum Gasteiger partial charge on any atom is -0.491 e. The van der Waals surface area contributed by atoms with Crippen molar-refractivity contribution in [2.45, 2.75) is 32.0 Å². The van der Waals surface area contributed by atoms with E-state index in [-0.39, 0.29) is 12.7 Å². The molecule has 0 saturated heterocycles. The summed E-state index contributed by atoms with van der Waals surface area (Å²) in [5.41, 5.74) is 0. The van der Waals surface area contributed by atoms with E-state index in [9.17, 15) is 10.2 Å². The van der Waals surface area contributed by atoms with Gasteiger partial charge in [0.1, 0.15) is 18.5 Å². The molecule has 108 valence electrons. The fraction of sp³-hybridized carbons (Fsp3) is 0.571. The maximum atomic E-state index is 9.73. The van der Waals surface area contributed by atoms with E-state index in [0.29, 0.717) is 19.5 Å². The average Bonchev–Trinajstić information content (AvgIpc) is 2.42. The predicted octanol–water partition coefficient (Wildman–Crippen LogP) is 1.94. The van der Waals surface area contributed by atoms with Gasteiger partial charge >= 0.3 is 0 Å². The van der Waals surface area contributed by atoms with Crippen LogP contribution in [-0.2, 0) is 0 Å². The van der Waals surface area contributed by atoms with Crippen LogP contribution in [0.1, 0.15) is 19.8 Å². The van der Waals surface area contributed by atoms with Gasteiger partial charge in [0.2, 0.25) is 0 Å². The third kappa shape index (κ3) is 7.52. The van der Waals surface area contributed by atoms with E-state index in [1.54, 1.807) is 0 Å². The fourth-order valence-corrected chi connectivity index (χ4v) is 1.79. The van der Waals surface area contributed by atoms with Gasteiger partial charge < -0.3 is 20.3 Å². The molecule has 1 aromatic rings. The van der Waals surface area contributed by atoms with E-state index >= 15 is 0 Å². The molecular weight excluding hydrogens is 310 g/mol. The lowest BCUT2D eigenvalue weighted by atomic mass is 10.2. The molecule has 0 aromatic heterocycles.